The van der Waals surface area contributed by atoms with Gasteiger partial charge in [-0.3, -0.25) is 14.6 Å². The van der Waals surface area contributed by atoms with E-state index < -0.39 is 0 Å². The summed E-state index contributed by atoms with van der Waals surface area (Å²) < 4.78 is 5.28. The number of nitriles is 1. The first-order valence-electron chi connectivity index (χ1n) is 10.5. The van der Waals surface area contributed by atoms with E-state index in [2.05, 4.69) is 11.1 Å². The van der Waals surface area contributed by atoms with Crippen molar-refractivity contribution in [1.82, 2.24) is 9.80 Å². The zero-order valence-corrected chi connectivity index (χ0v) is 17.1. The van der Waals surface area contributed by atoms with Gasteiger partial charge in [-0.25, -0.2) is 0 Å². The maximum Gasteiger partial charge on any atom is 0.253 e. The molecule has 3 aliphatic heterocycles. The average Bonchev–Trinajstić information content (AvgIpc) is 3.20. The van der Waals surface area contributed by atoms with E-state index in [1.807, 2.05) is 42.5 Å². The van der Waals surface area contributed by atoms with Crippen LogP contribution in [0.15, 0.2) is 47.5 Å². The summed E-state index contributed by atoms with van der Waals surface area (Å²) >= 11 is 0. The zero-order chi connectivity index (χ0) is 21.4. The molecular weight excluding hydrogens is 392 g/mol. The van der Waals surface area contributed by atoms with Crippen LogP contribution in [-0.4, -0.2) is 67.0 Å². The highest BCUT2D eigenvalue weighted by Crippen LogP contribution is 2.20. The summed E-state index contributed by atoms with van der Waals surface area (Å²) in [7, 11) is 0. The van der Waals surface area contributed by atoms with Crippen LogP contribution < -0.4 is 10.6 Å². The number of hydrogen-bond acceptors (Lipinski definition) is 5. The molecule has 2 aromatic rings. The van der Waals surface area contributed by atoms with Crippen molar-refractivity contribution in [2.75, 3.05) is 39.3 Å². The standard InChI is InChI=1S/C24H22N4O3/c25-14-19-15-26-21-6-5-18(13-20(19)21)16-1-3-17(4-2-16)23(29)27-8-10-28(11-9-27)24(30)22-7-12-31-22/h1-6,13,22H,7-12,15H2. The summed E-state index contributed by atoms with van der Waals surface area (Å²) in [5.74, 6) is 0.0213. The average molecular weight is 414 g/mol. The van der Waals surface area contributed by atoms with Crippen LogP contribution in [0.5, 0.6) is 0 Å². The van der Waals surface area contributed by atoms with Gasteiger partial charge < -0.3 is 14.5 Å². The van der Waals surface area contributed by atoms with Crippen molar-refractivity contribution in [2.24, 2.45) is 4.99 Å². The predicted octanol–water partition coefficient (Wildman–Crippen LogP) is 0.734. The monoisotopic (exact) mass is 414 g/mol. The summed E-state index contributed by atoms with van der Waals surface area (Å²) in [6.45, 7) is 3.24. The molecule has 2 fully saturated rings. The van der Waals surface area contributed by atoms with Gasteiger partial charge in [-0.1, -0.05) is 18.2 Å². The number of amides is 2. The van der Waals surface area contributed by atoms with Crippen molar-refractivity contribution in [2.45, 2.75) is 12.5 Å². The Kier molecular flexibility index (Phi) is 5.00. The van der Waals surface area contributed by atoms with Gasteiger partial charge in [-0.2, -0.15) is 5.26 Å². The quantitative estimate of drug-likeness (QED) is 0.741. The molecule has 3 heterocycles. The van der Waals surface area contributed by atoms with Gasteiger partial charge in [0.1, 0.15) is 6.10 Å². The lowest BCUT2D eigenvalue weighted by Gasteiger charge is -2.38. The molecule has 31 heavy (non-hydrogen) atoms. The van der Waals surface area contributed by atoms with Crippen LogP contribution in [0.3, 0.4) is 0 Å². The van der Waals surface area contributed by atoms with E-state index in [4.69, 9.17) is 4.74 Å². The maximum absolute atomic E-state index is 12.9. The van der Waals surface area contributed by atoms with Crippen LogP contribution in [0.4, 0.5) is 0 Å². The highest BCUT2D eigenvalue weighted by Gasteiger charge is 2.33. The van der Waals surface area contributed by atoms with Gasteiger partial charge in [0, 0.05) is 43.4 Å². The summed E-state index contributed by atoms with van der Waals surface area (Å²) in [5, 5.41) is 11.0. The molecule has 0 radical (unpaired) electrons. The molecule has 0 N–H and O–H groups in total. The first kappa shape index (κ1) is 19.5. The Morgan fingerprint density at radius 3 is 2.32 bits per heavy atom. The number of piperazine rings is 1. The van der Waals surface area contributed by atoms with Crippen molar-refractivity contribution >= 4 is 17.4 Å². The molecule has 3 aliphatic rings. The fraction of sp³-hybridized carbons (Fsp3) is 0.333. The van der Waals surface area contributed by atoms with Crippen molar-refractivity contribution in [3.63, 3.8) is 0 Å². The highest BCUT2D eigenvalue weighted by atomic mass is 16.5. The summed E-state index contributed by atoms with van der Waals surface area (Å²) in [4.78, 5) is 33.1. The molecular formula is C24H22N4O3. The summed E-state index contributed by atoms with van der Waals surface area (Å²) in [6.07, 6.45) is 0.503. The number of nitrogens with zero attached hydrogens (tertiary/aromatic N) is 4. The minimum atomic E-state index is -0.287. The Labute approximate surface area is 179 Å². The van der Waals surface area contributed by atoms with E-state index in [-0.39, 0.29) is 17.9 Å². The largest absolute Gasteiger partial charge is 0.368 e. The fourth-order valence-electron chi connectivity index (χ4n) is 4.19. The lowest BCUT2D eigenvalue weighted by atomic mass is 10.0. The normalized spacial score (nSPS) is 19.8. The Morgan fingerprint density at radius 2 is 1.68 bits per heavy atom. The van der Waals surface area contributed by atoms with Gasteiger partial charge in [0.15, 0.2) is 0 Å². The first-order valence-corrected chi connectivity index (χ1v) is 10.5. The molecule has 1 atom stereocenters. The van der Waals surface area contributed by atoms with Gasteiger partial charge in [0.25, 0.3) is 11.8 Å². The van der Waals surface area contributed by atoms with Crippen LogP contribution in [-0.2, 0) is 9.53 Å². The number of ether oxygens (including phenoxy) is 1. The molecule has 5 rings (SSSR count). The Bertz CT molecular complexity index is 1200. The number of carbonyl (C=O) groups excluding carboxylic acids is 2. The number of fused-ring (bicyclic) bond motifs is 1. The van der Waals surface area contributed by atoms with Crippen LogP contribution >= 0.6 is 0 Å². The number of rotatable bonds is 3. The minimum absolute atomic E-state index is 0.0219. The Hall–Kier alpha value is -3.50. The van der Waals surface area contributed by atoms with E-state index in [0.29, 0.717) is 50.5 Å². The SMILES string of the molecule is N#CC1=c2cc(-c3ccc(C(=O)N4CCN(C(=O)C5CCO5)CC4)cc3)ccc2=NC1. The molecule has 7 nitrogen and oxygen atoms in total. The van der Waals surface area contributed by atoms with E-state index in [9.17, 15) is 14.9 Å². The molecule has 2 saturated heterocycles. The smallest absolute Gasteiger partial charge is 0.253 e. The minimum Gasteiger partial charge on any atom is -0.368 e. The van der Waals surface area contributed by atoms with Crippen molar-refractivity contribution in [1.29, 1.82) is 5.26 Å². The molecule has 156 valence electrons. The molecule has 7 heteroatoms. The third kappa shape index (κ3) is 3.60. The topological polar surface area (TPSA) is 86.0 Å². The molecule has 0 aromatic heterocycles. The van der Waals surface area contributed by atoms with Crippen molar-refractivity contribution < 1.29 is 14.3 Å². The van der Waals surface area contributed by atoms with Crippen LogP contribution in [0.2, 0.25) is 0 Å². The van der Waals surface area contributed by atoms with Crippen LogP contribution in [0, 0.1) is 11.3 Å². The lowest BCUT2D eigenvalue weighted by molar-refractivity contribution is -0.157. The molecule has 1 unspecified atom stereocenters. The second kappa shape index (κ2) is 7.97. The van der Waals surface area contributed by atoms with Crippen LogP contribution in [0.25, 0.3) is 16.7 Å². The fourth-order valence-corrected chi connectivity index (χ4v) is 4.19. The summed E-state index contributed by atoms with van der Waals surface area (Å²) in [6, 6.07) is 15.7. The Morgan fingerprint density at radius 1 is 1.00 bits per heavy atom. The second-order valence-corrected chi connectivity index (χ2v) is 7.98. The second-order valence-electron chi connectivity index (χ2n) is 7.98. The third-order valence-corrected chi connectivity index (χ3v) is 6.18. The first-order chi connectivity index (χ1) is 15.1. The van der Waals surface area contributed by atoms with Gasteiger partial charge >= 0.3 is 0 Å². The third-order valence-electron chi connectivity index (χ3n) is 6.18. The molecule has 0 aliphatic carbocycles. The van der Waals surface area contributed by atoms with Gasteiger partial charge in [0.2, 0.25) is 0 Å². The van der Waals surface area contributed by atoms with Crippen molar-refractivity contribution in [3.05, 3.63) is 58.6 Å². The van der Waals surface area contributed by atoms with Crippen molar-refractivity contribution in [3.8, 4) is 17.2 Å². The van der Waals surface area contributed by atoms with E-state index in [0.717, 1.165) is 28.1 Å². The molecule has 0 bridgehead atoms. The zero-order valence-electron chi connectivity index (χ0n) is 17.1. The van der Waals surface area contributed by atoms with Gasteiger partial charge in [-0.15, -0.1) is 0 Å². The van der Waals surface area contributed by atoms with E-state index in [1.165, 1.54) is 0 Å². The number of carbonyl (C=O) groups is 2. The summed E-state index contributed by atoms with van der Waals surface area (Å²) in [5.41, 5.74) is 3.30. The molecule has 2 amide bonds. The maximum atomic E-state index is 12.9. The highest BCUT2D eigenvalue weighted by molar-refractivity contribution is 5.95. The predicted molar refractivity (Wildman–Crippen MR) is 113 cm³/mol. The van der Waals surface area contributed by atoms with E-state index >= 15 is 0 Å². The van der Waals surface area contributed by atoms with E-state index in [1.54, 1.807) is 9.80 Å². The van der Waals surface area contributed by atoms with Crippen LogP contribution in [0.1, 0.15) is 16.8 Å². The molecule has 0 spiro atoms. The van der Waals surface area contributed by atoms with Gasteiger partial charge in [0.05, 0.1) is 30.2 Å². The molecule has 2 aromatic carbocycles. The Balaban J connectivity index is 1.27. The number of hydrogen-bond donors (Lipinski definition) is 0. The van der Waals surface area contributed by atoms with Gasteiger partial charge in [-0.05, 0) is 35.4 Å². The molecule has 0 saturated carbocycles. The number of benzene rings is 2. The lowest BCUT2D eigenvalue weighted by Crippen LogP contribution is -2.54.